The predicted molar refractivity (Wildman–Crippen MR) is 238 cm³/mol. The molecule has 0 saturated carbocycles. The molecule has 6 heteroatoms. The van der Waals surface area contributed by atoms with E-state index < -0.39 is 6.10 Å². The maximum atomic E-state index is 12.7. The van der Waals surface area contributed by atoms with Gasteiger partial charge in [0.15, 0.2) is 6.10 Å². The van der Waals surface area contributed by atoms with E-state index in [0.717, 1.165) is 63.7 Å². The molecular weight excluding hydrogens is 697 g/mol. The van der Waals surface area contributed by atoms with E-state index in [0.29, 0.717) is 19.3 Å². The minimum absolute atomic E-state index is 0.0640. The number of hydrogen-bond acceptors (Lipinski definition) is 6. The van der Waals surface area contributed by atoms with E-state index in [1.807, 2.05) is 0 Å². The molecule has 0 aromatic carbocycles. The van der Waals surface area contributed by atoms with Gasteiger partial charge in [0.2, 0.25) is 0 Å². The van der Waals surface area contributed by atoms with Gasteiger partial charge in [-0.05, 0) is 25.2 Å². The first kappa shape index (κ1) is 54.4. The summed E-state index contributed by atoms with van der Waals surface area (Å²) in [7, 11) is 0. The second-order valence-electron chi connectivity index (χ2n) is 17.6. The van der Waals surface area contributed by atoms with Crippen LogP contribution in [0.25, 0.3) is 0 Å². The Morgan fingerprint density at radius 3 is 0.875 bits per heavy atom. The van der Waals surface area contributed by atoms with Crippen LogP contribution in [-0.4, -0.2) is 37.2 Å². The van der Waals surface area contributed by atoms with Gasteiger partial charge in [0.05, 0.1) is 0 Å². The van der Waals surface area contributed by atoms with Crippen LogP contribution in [0.2, 0.25) is 0 Å². The average Bonchev–Trinajstić information content (AvgIpc) is 3.18. The minimum atomic E-state index is -0.760. The molecule has 0 heterocycles. The first-order valence-electron chi connectivity index (χ1n) is 24.9. The molecular formula is C50H96O6. The zero-order chi connectivity index (χ0) is 41.0. The van der Waals surface area contributed by atoms with Gasteiger partial charge in [-0.25, -0.2) is 0 Å². The molecule has 0 aliphatic heterocycles. The molecule has 0 aliphatic carbocycles. The van der Waals surface area contributed by atoms with Crippen LogP contribution in [0, 0.1) is 5.92 Å². The lowest BCUT2D eigenvalue weighted by molar-refractivity contribution is -0.167. The second-order valence-corrected chi connectivity index (χ2v) is 17.6. The van der Waals surface area contributed by atoms with Gasteiger partial charge in [-0.2, -0.15) is 0 Å². The highest BCUT2D eigenvalue weighted by atomic mass is 16.6. The monoisotopic (exact) mass is 793 g/mol. The molecule has 0 bridgehead atoms. The Labute approximate surface area is 348 Å². The number of carbonyl (C=O) groups is 3. The lowest BCUT2D eigenvalue weighted by Crippen LogP contribution is -2.30. The molecule has 0 N–H and O–H groups in total. The lowest BCUT2D eigenvalue weighted by Gasteiger charge is -2.18. The van der Waals surface area contributed by atoms with Crippen molar-refractivity contribution in [3.63, 3.8) is 0 Å². The van der Waals surface area contributed by atoms with Crippen LogP contribution >= 0.6 is 0 Å². The number of unbranched alkanes of at least 4 members (excludes halogenated alkanes) is 32. The largest absolute Gasteiger partial charge is 0.462 e. The molecule has 332 valence electrons. The normalized spacial score (nSPS) is 11.9. The molecule has 56 heavy (non-hydrogen) atoms. The molecule has 0 spiro atoms. The van der Waals surface area contributed by atoms with Gasteiger partial charge in [0.25, 0.3) is 0 Å². The summed E-state index contributed by atoms with van der Waals surface area (Å²) in [6.45, 7) is 8.96. The summed E-state index contributed by atoms with van der Waals surface area (Å²) < 4.78 is 16.7. The Bertz CT molecular complexity index is 841. The van der Waals surface area contributed by atoms with Crippen molar-refractivity contribution in [3.8, 4) is 0 Å². The standard InChI is InChI=1S/C50H96O6/c1-5-7-9-11-13-15-17-18-19-20-21-22-23-24-26-30-34-38-42-49(52)55-45-47(56-50(53)43-39-35-31-27-28-32-36-40-46(3)4)44-54-48(51)41-37-33-29-25-16-14-12-10-8-6-2/h46-47H,5-45H2,1-4H3/t47-/m1/s1. The molecule has 0 amide bonds. The predicted octanol–water partition coefficient (Wildman–Crippen LogP) is 15.9. The first-order valence-corrected chi connectivity index (χ1v) is 24.9. The zero-order valence-corrected chi connectivity index (χ0v) is 38.1. The number of esters is 3. The van der Waals surface area contributed by atoms with Gasteiger partial charge in [-0.15, -0.1) is 0 Å². The Morgan fingerprint density at radius 2 is 0.589 bits per heavy atom. The average molecular weight is 793 g/mol. The van der Waals surface area contributed by atoms with E-state index in [2.05, 4.69) is 27.7 Å². The van der Waals surface area contributed by atoms with E-state index in [1.165, 1.54) is 173 Å². The third kappa shape index (κ3) is 43.5. The van der Waals surface area contributed by atoms with Gasteiger partial charge in [-0.3, -0.25) is 14.4 Å². The van der Waals surface area contributed by atoms with E-state index >= 15 is 0 Å². The molecule has 0 aromatic rings. The van der Waals surface area contributed by atoms with Crippen molar-refractivity contribution >= 4 is 17.9 Å². The smallest absolute Gasteiger partial charge is 0.306 e. The molecule has 1 atom stereocenters. The van der Waals surface area contributed by atoms with Crippen LogP contribution in [-0.2, 0) is 28.6 Å². The Morgan fingerprint density at radius 1 is 0.339 bits per heavy atom. The highest BCUT2D eigenvalue weighted by Crippen LogP contribution is 2.17. The summed E-state index contributed by atoms with van der Waals surface area (Å²) in [6.07, 6.45) is 45.3. The van der Waals surface area contributed by atoms with Crippen molar-refractivity contribution in [1.29, 1.82) is 0 Å². The van der Waals surface area contributed by atoms with Gasteiger partial charge < -0.3 is 14.2 Å². The molecule has 0 fully saturated rings. The van der Waals surface area contributed by atoms with Crippen molar-refractivity contribution in [2.45, 2.75) is 284 Å². The van der Waals surface area contributed by atoms with Crippen molar-refractivity contribution in [2.75, 3.05) is 13.2 Å². The first-order chi connectivity index (χ1) is 27.4. The Balaban J connectivity index is 4.22. The van der Waals surface area contributed by atoms with Crippen LogP contribution in [0.3, 0.4) is 0 Å². The highest BCUT2D eigenvalue weighted by molar-refractivity contribution is 5.71. The van der Waals surface area contributed by atoms with Crippen molar-refractivity contribution in [3.05, 3.63) is 0 Å². The van der Waals surface area contributed by atoms with Crippen LogP contribution in [0.4, 0.5) is 0 Å². The molecule has 0 saturated heterocycles. The number of rotatable bonds is 45. The van der Waals surface area contributed by atoms with Crippen molar-refractivity contribution in [2.24, 2.45) is 5.92 Å². The topological polar surface area (TPSA) is 78.9 Å². The number of ether oxygens (including phenoxy) is 3. The molecule has 0 aromatic heterocycles. The third-order valence-corrected chi connectivity index (χ3v) is 11.3. The molecule has 0 unspecified atom stereocenters. The summed E-state index contributed by atoms with van der Waals surface area (Å²) in [6, 6.07) is 0. The maximum absolute atomic E-state index is 12.7. The highest BCUT2D eigenvalue weighted by Gasteiger charge is 2.19. The van der Waals surface area contributed by atoms with Gasteiger partial charge in [0, 0.05) is 19.3 Å². The van der Waals surface area contributed by atoms with Crippen LogP contribution < -0.4 is 0 Å². The van der Waals surface area contributed by atoms with E-state index in [1.54, 1.807) is 0 Å². The molecule has 0 radical (unpaired) electrons. The van der Waals surface area contributed by atoms with Crippen molar-refractivity contribution < 1.29 is 28.6 Å². The number of carbonyl (C=O) groups excluding carboxylic acids is 3. The summed E-state index contributed by atoms with van der Waals surface area (Å²) >= 11 is 0. The Hall–Kier alpha value is -1.59. The van der Waals surface area contributed by atoms with Gasteiger partial charge >= 0.3 is 17.9 Å². The molecule has 0 aliphatic rings. The maximum Gasteiger partial charge on any atom is 0.306 e. The minimum Gasteiger partial charge on any atom is -0.462 e. The third-order valence-electron chi connectivity index (χ3n) is 11.3. The fraction of sp³-hybridized carbons (Fsp3) is 0.940. The van der Waals surface area contributed by atoms with E-state index in [4.69, 9.17) is 14.2 Å². The van der Waals surface area contributed by atoms with E-state index in [9.17, 15) is 14.4 Å². The fourth-order valence-electron chi connectivity index (χ4n) is 7.51. The zero-order valence-electron chi connectivity index (χ0n) is 38.1. The number of hydrogen-bond donors (Lipinski definition) is 0. The van der Waals surface area contributed by atoms with Crippen LogP contribution in [0.1, 0.15) is 278 Å². The Kier molecular flexibility index (Phi) is 43.2. The molecule has 0 rings (SSSR count). The lowest BCUT2D eigenvalue weighted by atomic mass is 10.0. The second kappa shape index (κ2) is 44.5. The molecule has 6 nitrogen and oxygen atoms in total. The quantitative estimate of drug-likeness (QED) is 0.0347. The SMILES string of the molecule is CCCCCCCCCCCCCCCCCCCCC(=O)OC[C@@H](COC(=O)CCCCCCCCCCCC)OC(=O)CCCCCCCCCC(C)C. The summed E-state index contributed by atoms with van der Waals surface area (Å²) in [5.41, 5.74) is 0. The fourth-order valence-corrected chi connectivity index (χ4v) is 7.51. The van der Waals surface area contributed by atoms with Crippen LogP contribution in [0.5, 0.6) is 0 Å². The summed E-state index contributed by atoms with van der Waals surface area (Å²) in [5, 5.41) is 0. The van der Waals surface area contributed by atoms with Crippen molar-refractivity contribution in [1.82, 2.24) is 0 Å². The summed E-state index contributed by atoms with van der Waals surface area (Å²) in [4.78, 5) is 37.8. The van der Waals surface area contributed by atoms with Gasteiger partial charge in [-0.1, -0.05) is 240 Å². The van der Waals surface area contributed by atoms with Gasteiger partial charge in [0.1, 0.15) is 13.2 Å². The van der Waals surface area contributed by atoms with E-state index in [-0.39, 0.29) is 31.1 Å². The van der Waals surface area contributed by atoms with Crippen LogP contribution in [0.15, 0.2) is 0 Å². The summed E-state index contributed by atoms with van der Waals surface area (Å²) in [5.74, 6) is -0.0752.